The summed E-state index contributed by atoms with van der Waals surface area (Å²) < 4.78 is 0. The van der Waals surface area contributed by atoms with Gasteiger partial charge in [-0.15, -0.1) is 0 Å². The van der Waals surface area contributed by atoms with Crippen LogP contribution in [0, 0.1) is 11.8 Å². The lowest BCUT2D eigenvalue weighted by atomic mass is 9.57. The summed E-state index contributed by atoms with van der Waals surface area (Å²) in [5.41, 5.74) is 10.0. The van der Waals surface area contributed by atoms with E-state index in [2.05, 4.69) is 0 Å². The van der Waals surface area contributed by atoms with Crippen LogP contribution >= 0.6 is 0 Å². The van der Waals surface area contributed by atoms with E-state index >= 15 is 0 Å². The van der Waals surface area contributed by atoms with Gasteiger partial charge >= 0.3 is 0 Å². The number of carbonyl (C=O) groups excluding carboxylic acids is 3. The van der Waals surface area contributed by atoms with Crippen LogP contribution in [0.1, 0.15) is 23.1 Å². The van der Waals surface area contributed by atoms with Gasteiger partial charge in [-0.2, -0.15) is 0 Å². The molecule has 2 aromatic carbocycles. The van der Waals surface area contributed by atoms with Crippen LogP contribution in [0.4, 0.5) is 0 Å². The van der Waals surface area contributed by atoms with E-state index in [1.807, 2.05) is 30.3 Å². The number of primary amides is 1. The van der Waals surface area contributed by atoms with Gasteiger partial charge in [0, 0.05) is 23.6 Å². The van der Waals surface area contributed by atoms with Crippen molar-refractivity contribution in [3.8, 4) is 16.9 Å². The first-order valence-corrected chi connectivity index (χ1v) is 12.2. The van der Waals surface area contributed by atoms with Crippen molar-refractivity contribution in [2.75, 3.05) is 14.1 Å². The van der Waals surface area contributed by atoms with Crippen molar-refractivity contribution in [1.82, 2.24) is 4.90 Å². The van der Waals surface area contributed by atoms with Crippen molar-refractivity contribution < 1.29 is 34.8 Å². The molecular formula is C28H29N3O7. The van der Waals surface area contributed by atoms with E-state index in [1.54, 1.807) is 20.2 Å². The summed E-state index contributed by atoms with van der Waals surface area (Å²) in [4.78, 5) is 40.7. The summed E-state index contributed by atoms with van der Waals surface area (Å²) >= 11 is 0. The number of ketones is 2. The molecule has 0 saturated heterocycles. The molecule has 0 unspecified atom stereocenters. The molecule has 8 N–H and O–H groups in total. The van der Waals surface area contributed by atoms with Gasteiger partial charge < -0.3 is 31.9 Å². The van der Waals surface area contributed by atoms with E-state index in [0.29, 0.717) is 11.1 Å². The van der Waals surface area contributed by atoms with Gasteiger partial charge in [0.25, 0.3) is 5.91 Å². The Balaban J connectivity index is 1.78. The third-order valence-electron chi connectivity index (χ3n) is 8.10. The molecule has 1 fully saturated rings. The second-order valence-electron chi connectivity index (χ2n) is 10.3. The maximum absolute atomic E-state index is 14.0. The number of benzene rings is 2. The third-order valence-corrected chi connectivity index (χ3v) is 8.10. The lowest BCUT2D eigenvalue weighted by Gasteiger charge is -2.50. The van der Waals surface area contributed by atoms with Gasteiger partial charge in [-0.05, 0) is 55.6 Å². The van der Waals surface area contributed by atoms with Crippen molar-refractivity contribution >= 4 is 23.2 Å². The minimum absolute atomic E-state index is 0.0272. The molecule has 10 heteroatoms. The second kappa shape index (κ2) is 8.80. The minimum Gasteiger partial charge on any atom is -0.508 e. The summed E-state index contributed by atoms with van der Waals surface area (Å²) in [6.07, 6.45) is 0.233. The van der Waals surface area contributed by atoms with Gasteiger partial charge in [0.1, 0.15) is 22.8 Å². The average molecular weight is 520 g/mol. The van der Waals surface area contributed by atoms with E-state index in [0.717, 1.165) is 11.1 Å². The van der Waals surface area contributed by atoms with Crippen molar-refractivity contribution in [2.45, 2.75) is 31.0 Å². The Bertz CT molecular complexity index is 1460. The summed E-state index contributed by atoms with van der Waals surface area (Å²) in [7, 11) is 3.13. The zero-order chi connectivity index (χ0) is 27.7. The third kappa shape index (κ3) is 3.34. The minimum atomic E-state index is -2.67. The number of amides is 1. The molecule has 0 spiro atoms. The predicted molar refractivity (Wildman–Crippen MR) is 138 cm³/mol. The standard InChI is InChI=1S/C28H29N3O7/c1-31(2)21-17-10-13-8-16-15(12-6-4-3-5-7-12)9-14(11-29)22(32)19(16)23(33)18(13)25(35)28(17,38)26(36)20(24(21)34)27(30)37/h3-7,9,13,17,21,32-33,36,38H,8,10-11,29H2,1-2H3,(H2,30,37)/t13-,17-,21-,28+/m1/s1. The fraction of sp³-hybridized carbons (Fsp3) is 0.321. The van der Waals surface area contributed by atoms with Gasteiger partial charge in [0.05, 0.1) is 11.6 Å². The van der Waals surface area contributed by atoms with Gasteiger partial charge in [0.15, 0.2) is 11.4 Å². The van der Waals surface area contributed by atoms with Crippen LogP contribution in [0.2, 0.25) is 0 Å². The lowest BCUT2D eigenvalue weighted by Crippen LogP contribution is -2.65. The largest absolute Gasteiger partial charge is 0.508 e. The number of aromatic hydroxyl groups is 1. The SMILES string of the molecule is CN(C)[C@H]1C(=O)C(C(N)=O)=C(O)[C@@]2(O)C(=O)C3=C(O)c4c(O)c(CN)cc(-c5ccccc5)c4C[C@@H]3C[C@H]12. The highest BCUT2D eigenvalue weighted by Crippen LogP contribution is 2.54. The number of aliphatic hydroxyl groups excluding tert-OH is 2. The van der Waals surface area contributed by atoms with E-state index in [9.17, 15) is 34.8 Å². The number of Topliss-reactive ketones (excluding diaryl/α,β-unsaturated/α-hetero) is 2. The van der Waals surface area contributed by atoms with Crippen LogP contribution in [-0.2, 0) is 27.3 Å². The van der Waals surface area contributed by atoms with Crippen LogP contribution in [-0.4, -0.2) is 68.5 Å². The van der Waals surface area contributed by atoms with E-state index in [-0.39, 0.29) is 36.3 Å². The Morgan fingerprint density at radius 3 is 2.37 bits per heavy atom. The molecule has 0 bridgehead atoms. The molecule has 3 aliphatic carbocycles. The number of likely N-dealkylation sites (N-methyl/N-ethyl adjacent to an activating group) is 1. The number of fused-ring (bicyclic) bond motifs is 3. The molecular weight excluding hydrogens is 490 g/mol. The highest BCUT2D eigenvalue weighted by atomic mass is 16.3. The van der Waals surface area contributed by atoms with Crippen LogP contribution in [0.3, 0.4) is 0 Å². The van der Waals surface area contributed by atoms with Gasteiger partial charge in [0.2, 0.25) is 5.78 Å². The molecule has 3 aliphatic rings. The second-order valence-corrected chi connectivity index (χ2v) is 10.3. The Morgan fingerprint density at radius 2 is 1.79 bits per heavy atom. The molecule has 5 rings (SSSR count). The molecule has 1 amide bonds. The average Bonchev–Trinajstić information content (AvgIpc) is 2.86. The monoisotopic (exact) mass is 519 g/mol. The molecule has 2 aromatic rings. The van der Waals surface area contributed by atoms with Gasteiger partial charge in [-0.3, -0.25) is 19.3 Å². The molecule has 198 valence electrons. The zero-order valence-electron chi connectivity index (χ0n) is 20.9. The van der Waals surface area contributed by atoms with Crippen LogP contribution in [0.15, 0.2) is 53.3 Å². The number of rotatable bonds is 4. The van der Waals surface area contributed by atoms with Crippen LogP contribution < -0.4 is 11.5 Å². The summed E-state index contributed by atoms with van der Waals surface area (Å²) in [5.74, 6) is -6.81. The quantitative estimate of drug-likeness (QED) is 0.321. The number of phenols is 1. The number of phenolic OH excluding ortho intramolecular Hbond substituents is 1. The summed E-state index contributed by atoms with van der Waals surface area (Å²) in [6.45, 7) is -0.0386. The number of nitrogens with zero attached hydrogens (tertiary/aromatic N) is 1. The van der Waals surface area contributed by atoms with Crippen LogP contribution in [0.25, 0.3) is 16.9 Å². The zero-order valence-corrected chi connectivity index (χ0v) is 20.9. The maximum Gasteiger partial charge on any atom is 0.255 e. The van der Waals surface area contributed by atoms with Crippen molar-refractivity contribution in [3.05, 3.63) is 70.0 Å². The molecule has 38 heavy (non-hydrogen) atoms. The molecule has 4 atom stereocenters. The molecule has 0 heterocycles. The number of carbonyl (C=O) groups is 3. The molecule has 0 aromatic heterocycles. The smallest absolute Gasteiger partial charge is 0.255 e. The van der Waals surface area contributed by atoms with Crippen LogP contribution in [0.5, 0.6) is 5.75 Å². The Morgan fingerprint density at radius 1 is 1.13 bits per heavy atom. The number of hydrogen-bond donors (Lipinski definition) is 6. The number of nitrogens with two attached hydrogens (primary N) is 2. The summed E-state index contributed by atoms with van der Waals surface area (Å²) in [6, 6.07) is 9.95. The molecule has 0 radical (unpaired) electrons. The van der Waals surface area contributed by atoms with Gasteiger partial charge in [-0.25, -0.2) is 0 Å². The first-order chi connectivity index (χ1) is 17.9. The normalized spacial score (nSPS) is 26.8. The van der Waals surface area contributed by atoms with E-state index in [4.69, 9.17) is 11.5 Å². The first-order valence-electron chi connectivity index (χ1n) is 12.2. The number of hydrogen-bond acceptors (Lipinski definition) is 9. The topological polar surface area (TPSA) is 187 Å². The molecule has 0 aliphatic heterocycles. The Hall–Kier alpha value is -3.99. The van der Waals surface area contributed by atoms with Crippen molar-refractivity contribution in [3.63, 3.8) is 0 Å². The molecule has 10 nitrogen and oxygen atoms in total. The Labute approximate surface area is 218 Å². The van der Waals surface area contributed by atoms with E-state index < -0.39 is 58.0 Å². The fourth-order valence-corrected chi connectivity index (χ4v) is 6.40. The first kappa shape index (κ1) is 25.7. The summed E-state index contributed by atoms with van der Waals surface area (Å²) in [5, 5.41) is 45.2. The highest BCUT2D eigenvalue weighted by Gasteiger charge is 2.64. The van der Waals surface area contributed by atoms with Crippen molar-refractivity contribution in [2.24, 2.45) is 23.3 Å². The van der Waals surface area contributed by atoms with E-state index in [1.165, 1.54) is 4.90 Å². The highest BCUT2D eigenvalue weighted by molar-refractivity contribution is 6.24. The maximum atomic E-state index is 14.0. The van der Waals surface area contributed by atoms with Crippen molar-refractivity contribution in [1.29, 1.82) is 0 Å². The fourth-order valence-electron chi connectivity index (χ4n) is 6.40. The Kier molecular flexibility index (Phi) is 5.94. The lowest BCUT2D eigenvalue weighted by molar-refractivity contribution is -0.153. The molecule has 1 saturated carbocycles. The van der Waals surface area contributed by atoms with Gasteiger partial charge in [-0.1, -0.05) is 30.3 Å². The number of aliphatic hydroxyl groups is 3. The predicted octanol–water partition coefficient (Wildman–Crippen LogP) is 1.09.